The number of fused-ring (bicyclic) bond motifs is 1. The molecule has 0 spiro atoms. The van der Waals surface area contributed by atoms with E-state index in [9.17, 15) is 0 Å². The fourth-order valence-corrected chi connectivity index (χ4v) is 3.38. The van der Waals surface area contributed by atoms with Crippen LogP contribution in [0.4, 0.5) is 0 Å². The summed E-state index contributed by atoms with van der Waals surface area (Å²) in [5, 5.41) is 3.43. The lowest BCUT2D eigenvalue weighted by Gasteiger charge is -2.29. The number of hydrogen-bond acceptors (Lipinski definition) is 2. The van der Waals surface area contributed by atoms with Crippen molar-refractivity contribution in [1.29, 1.82) is 0 Å². The molecular weight excluding hydrogens is 220 g/mol. The van der Waals surface area contributed by atoms with Crippen LogP contribution < -0.4 is 5.32 Å². The van der Waals surface area contributed by atoms with Gasteiger partial charge in [-0.15, -0.1) is 0 Å². The summed E-state index contributed by atoms with van der Waals surface area (Å²) in [5.74, 6) is 0. The average Bonchev–Trinajstić information content (AvgIpc) is 2.44. The molecule has 1 aliphatic heterocycles. The molecule has 0 saturated carbocycles. The van der Waals surface area contributed by atoms with Gasteiger partial charge in [0.25, 0.3) is 0 Å². The summed E-state index contributed by atoms with van der Waals surface area (Å²) >= 11 is 0. The molecule has 0 aromatic heterocycles. The lowest BCUT2D eigenvalue weighted by Crippen LogP contribution is -2.43. The highest BCUT2D eigenvalue weighted by Gasteiger charge is 2.17. The first kappa shape index (κ1) is 12.2. The zero-order valence-corrected chi connectivity index (χ0v) is 11.5. The Bertz CT molecular complexity index is 419. The van der Waals surface area contributed by atoms with E-state index in [1.54, 1.807) is 16.7 Å². The van der Waals surface area contributed by atoms with Crippen molar-refractivity contribution in [2.75, 3.05) is 26.2 Å². The molecule has 1 heterocycles. The Morgan fingerprint density at radius 3 is 2.56 bits per heavy atom. The lowest BCUT2D eigenvalue weighted by atomic mass is 9.85. The Hall–Kier alpha value is -0.860. The lowest BCUT2D eigenvalue weighted by molar-refractivity contribution is 0.232. The van der Waals surface area contributed by atoms with E-state index in [0.29, 0.717) is 0 Å². The molecule has 0 radical (unpaired) electrons. The van der Waals surface area contributed by atoms with Gasteiger partial charge in [0.05, 0.1) is 0 Å². The maximum Gasteiger partial charge on any atom is 0.0237 e. The summed E-state index contributed by atoms with van der Waals surface area (Å²) in [5.41, 5.74) is 6.44. The van der Waals surface area contributed by atoms with Crippen molar-refractivity contribution >= 4 is 0 Å². The third-order valence-corrected chi connectivity index (χ3v) is 4.47. The van der Waals surface area contributed by atoms with Gasteiger partial charge >= 0.3 is 0 Å². The molecule has 2 heteroatoms. The van der Waals surface area contributed by atoms with Gasteiger partial charge in [0, 0.05) is 32.7 Å². The topological polar surface area (TPSA) is 15.3 Å². The standard InChI is InChI=1S/C16H24N2/c1-13-6-7-14(12-18-10-8-17-9-11-18)16-5-3-2-4-15(13)16/h6-7,17H,2-5,8-12H2,1H3. The average molecular weight is 244 g/mol. The van der Waals surface area contributed by atoms with Crippen LogP contribution in [-0.4, -0.2) is 31.1 Å². The monoisotopic (exact) mass is 244 g/mol. The fourth-order valence-electron chi connectivity index (χ4n) is 3.38. The second-order valence-corrected chi connectivity index (χ2v) is 5.73. The van der Waals surface area contributed by atoms with Gasteiger partial charge < -0.3 is 5.32 Å². The van der Waals surface area contributed by atoms with E-state index < -0.39 is 0 Å². The molecule has 2 nitrogen and oxygen atoms in total. The summed E-state index contributed by atoms with van der Waals surface area (Å²) in [6, 6.07) is 4.71. The van der Waals surface area contributed by atoms with Gasteiger partial charge in [0.15, 0.2) is 0 Å². The van der Waals surface area contributed by atoms with Gasteiger partial charge in [-0.3, -0.25) is 4.90 Å². The first-order chi connectivity index (χ1) is 8.84. The number of aryl methyl sites for hydroxylation is 1. The van der Waals surface area contributed by atoms with Crippen molar-refractivity contribution in [3.63, 3.8) is 0 Å². The molecule has 1 saturated heterocycles. The number of benzene rings is 1. The Balaban J connectivity index is 1.82. The molecule has 1 fully saturated rings. The summed E-state index contributed by atoms with van der Waals surface area (Å²) < 4.78 is 0. The number of rotatable bonds is 2. The van der Waals surface area contributed by atoms with Crippen LogP contribution in [-0.2, 0) is 19.4 Å². The van der Waals surface area contributed by atoms with Crippen LogP contribution in [0, 0.1) is 6.92 Å². The predicted octanol–water partition coefficient (Wildman–Crippen LogP) is 2.28. The van der Waals surface area contributed by atoms with Gasteiger partial charge in [-0.25, -0.2) is 0 Å². The maximum atomic E-state index is 3.43. The minimum absolute atomic E-state index is 1.15. The summed E-state index contributed by atoms with van der Waals surface area (Å²) in [4.78, 5) is 2.59. The van der Waals surface area contributed by atoms with Crippen molar-refractivity contribution in [3.05, 3.63) is 34.4 Å². The van der Waals surface area contributed by atoms with Crippen LogP contribution in [0.15, 0.2) is 12.1 Å². The third-order valence-electron chi connectivity index (χ3n) is 4.47. The van der Waals surface area contributed by atoms with Crippen molar-refractivity contribution in [1.82, 2.24) is 10.2 Å². The quantitative estimate of drug-likeness (QED) is 0.858. The van der Waals surface area contributed by atoms with Crippen LogP contribution in [0.3, 0.4) is 0 Å². The van der Waals surface area contributed by atoms with Gasteiger partial charge in [-0.05, 0) is 54.9 Å². The number of nitrogens with zero attached hydrogens (tertiary/aromatic N) is 1. The number of nitrogens with one attached hydrogen (secondary N) is 1. The van der Waals surface area contributed by atoms with E-state index in [2.05, 4.69) is 29.3 Å². The molecule has 1 N–H and O–H groups in total. The first-order valence-electron chi connectivity index (χ1n) is 7.38. The molecule has 18 heavy (non-hydrogen) atoms. The third kappa shape index (κ3) is 2.45. The van der Waals surface area contributed by atoms with E-state index in [-0.39, 0.29) is 0 Å². The molecule has 1 aliphatic carbocycles. The highest BCUT2D eigenvalue weighted by atomic mass is 15.2. The van der Waals surface area contributed by atoms with E-state index in [1.807, 2.05) is 0 Å². The van der Waals surface area contributed by atoms with Crippen LogP contribution in [0.1, 0.15) is 35.1 Å². The first-order valence-corrected chi connectivity index (χ1v) is 7.38. The molecular formula is C16H24N2. The van der Waals surface area contributed by atoms with Crippen LogP contribution in [0.2, 0.25) is 0 Å². The normalized spacial score (nSPS) is 20.7. The highest BCUT2D eigenvalue weighted by molar-refractivity contribution is 5.42. The largest absolute Gasteiger partial charge is 0.314 e. The maximum absolute atomic E-state index is 3.43. The molecule has 1 aromatic rings. The number of hydrogen-bond donors (Lipinski definition) is 1. The Labute approximate surface area is 110 Å². The predicted molar refractivity (Wildman–Crippen MR) is 76.0 cm³/mol. The van der Waals surface area contributed by atoms with Crippen LogP contribution >= 0.6 is 0 Å². The van der Waals surface area contributed by atoms with E-state index in [1.165, 1.54) is 44.3 Å². The molecule has 2 aliphatic rings. The van der Waals surface area contributed by atoms with Crippen LogP contribution in [0.25, 0.3) is 0 Å². The second kappa shape index (κ2) is 5.41. The highest BCUT2D eigenvalue weighted by Crippen LogP contribution is 2.28. The van der Waals surface area contributed by atoms with Gasteiger partial charge in [0.1, 0.15) is 0 Å². The summed E-state index contributed by atoms with van der Waals surface area (Å²) in [7, 11) is 0. The van der Waals surface area contributed by atoms with Crippen molar-refractivity contribution in [2.24, 2.45) is 0 Å². The zero-order chi connectivity index (χ0) is 12.4. The molecule has 98 valence electrons. The Kier molecular flexibility index (Phi) is 3.67. The van der Waals surface area contributed by atoms with Crippen molar-refractivity contribution in [3.8, 4) is 0 Å². The van der Waals surface area contributed by atoms with Gasteiger partial charge in [-0.1, -0.05) is 12.1 Å². The molecule has 0 atom stereocenters. The second-order valence-electron chi connectivity index (χ2n) is 5.73. The molecule has 3 rings (SSSR count). The molecule has 0 amide bonds. The van der Waals surface area contributed by atoms with Crippen molar-refractivity contribution in [2.45, 2.75) is 39.2 Å². The molecule has 0 bridgehead atoms. The smallest absolute Gasteiger partial charge is 0.0237 e. The van der Waals surface area contributed by atoms with Crippen LogP contribution in [0.5, 0.6) is 0 Å². The van der Waals surface area contributed by atoms with E-state index in [4.69, 9.17) is 0 Å². The zero-order valence-electron chi connectivity index (χ0n) is 11.5. The van der Waals surface area contributed by atoms with E-state index >= 15 is 0 Å². The Morgan fingerprint density at radius 1 is 1.06 bits per heavy atom. The van der Waals surface area contributed by atoms with E-state index in [0.717, 1.165) is 19.6 Å². The molecule has 1 aromatic carbocycles. The minimum Gasteiger partial charge on any atom is -0.314 e. The molecule has 0 unspecified atom stereocenters. The van der Waals surface area contributed by atoms with Gasteiger partial charge in [0.2, 0.25) is 0 Å². The number of piperazine rings is 1. The minimum atomic E-state index is 1.15. The van der Waals surface area contributed by atoms with Gasteiger partial charge in [-0.2, -0.15) is 0 Å². The fraction of sp³-hybridized carbons (Fsp3) is 0.625. The summed E-state index contributed by atoms with van der Waals surface area (Å²) in [6.45, 7) is 8.12. The summed E-state index contributed by atoms with van der Waals surface area (Å²) in [6.07, 6.45) is 5.37. The van der Waals surface area contributed by atoms with Crippen molar-refractivity contribution < 1.29 is 0 Å². The Morgan fingerprint density at radius 2 is 1.78 bits per heavy atom. The SMILES string of the molecule is Cc1ccc(CN2CCNCC2)c2c1CCCC2.